The van der Waals surface area contributed by atoms with Crippen molar-refractivity contribution >= 4 is 0 Å². The molecule has 0 fully saturated rings. The van der Waals surface area contributed by atoms with Gasteiger partial charge in [-0.25, -0.2) is 0 Å². The van der Waals surface area contributed by atoms with Crippen molar-refractivity contribution in [3.63, 3.8) is 0 Å². The monoisotopic (exact) mass is 203 g/mol. The summed E-state index contributed by atoms with van der Waals surface area (Å²) >= 11 is 0. The number of rotatable bonds is 6. The molecule has 0 aliphatic heterocycles. The highest BCUT2D eigenvalue weighted by Gasteiger charge is 2.07. The molecule has 1 aromatic carbocycles. The molecule has 1 atom stereocenters. The van der Waals surface area contributed by atoms with Gasteiger partial charge in [0, 0.05) is 6.04 Å². The second kappa shape index (κ2) is 6.41. The van der Waals surface area contributed by atoms with E-state index in [-0.39, 0.29) is 0 Å². The van der Waals surface area contributed by atoms with Crippen LogP contribution in [0.5, 0.6) is 0 Å². The van der Waals surface area contributed by atoms with E-state index in [0.29, 0.717) is 6.04 Å². The zero-order valence-electron chi connectivity index (χ0n) is 9.79. The largest absolute Gasteiger partial charge is 0.313 e. The van der Waals surface area contributed by atoms with Gasteiger partial charge in [-0.3, -0.25) is 0 Å². The SMILES string of the molecule is C=CCCC(NC)c1ccc(CC)cc1. The van der Waals surface area contributed by atoms with Gasteiger partial charge in [0.15, 0.2) is 0 Å². The molecule has 15 heavy (non-hydrogen) atoms. The summed E-state index contributed by atoms with van der Waals surface area (Å²) in [6.45, 7) is 5.94. The number of allylic oxidation sites excluding steroid dienone is 1. The summed E-state index contributed by atoms with van der Waals surface area (Å²) in [4.78, 5) is 0. The molecule has 0 bridgehead atoms. The molecule has 1 unspecified atom stereocenters. The van der Waals surface area contributed by atoms with Crippen molar-refractivity contribution in [3.8, 4) is 0 Å². The molecule has 0 aliphatic rings. The minimum Gasteiger partial charge on any atom is -0.313 e. The van der Waals surface area contributed by atoms with E-state index in [9.17, 15) is 0 Å². The first kappa shape index (κ1) is 12.0. The first-order valence-electron chi connectivity index (χ1n) is 5.68. The van der Waals surface area contributed by atoms with Crippen LogP contribution in [-0.2, 0) is 6.42 Å². The number of hydrogen-bond donors (Lipinski definition) is 1. The normalized spacial score (nSPS) is 12.4. The van der Waals surface area contributed by atoms with E-state index in [2.05, 4.69) is 43.1 Å². The van der Waals surface area contributed by atoms with Crippen molar-refractivity contribution in [2.45, 2.75) is 32.2 Å². The smallest absolute Gasteiger partial charge is 0.0320 e. The standard InChI is InChI=1S/C14H21N/c1-4-6-7-14(15-3)13-10-8-12(5-2)9-11-13/h4,8-11,14-15H,1,5-7H2,2-3H3. The highest BCUT2D eigenvalue weighted by molar-refractivity contribution is 5.25. The van der Waals surface area contributed by atoms with Crippen LogP contribution in [0, 0.1) is 0 Å². The molecule has 1 N–H and O–H groups in total. The lowest BCUT2D eigenvalue weighted by Gasteiger charge is -2.16. The Morgan fingerprint density at radius 1 is 1.33 bits per heavy atom. The fourth-order valence-electron chi connectivity index (χ4n) is 1.75. The van der Waals surface area contributed by atoms with Crippen LogP contribution in [0.2, 0.25) is 0 Å². The van der Waals surface area contributed by atoms with Crippen molar-refractivity contribution in [1.29, 1.82) is 0 Å². The molecule has 0 radical (unpaired) electrons. The van der Waals surface area contributed by atoms with Gasteiger partial charge in [0.1, 0.15) is 0 Å². The Morgan fingerprint density at radius 3 is 2.47 bits per heavy atom. The maximum absolute atomic E-state index is 3.76. The summed E-state index contributed by atoms with van der Waals surface area (Å²) < 4.78 is 0. The van der Waals surface area contributed by atoms with Crippen LogP contribution in [0.3, 0.4) is 0 Å². The molecule has 1 rings (SSSR count). The van der Waals surface area contributed by atoms with E-state index in [1.165, 1.54) is 11.1 Å². The van der Waals surface area contributed by atoms with Crippen molar-refractivity contribution in [2.24, 2.45) is 0 Å². The minimum atomic E-state index is 0.453. The third-order valence-electron chi connectivity index (χ3n) is 2.80. The minimum absolute atomic E-state index is 0.453. The second-order valence-electron chi connectivity index (χ2n) is 3.80. The van der Waals surface area contributed by atoms with Gasteiger partial charge in [-0.1, -0.05) is 37.3 Å². The zero-order chi connectivity index (χ0) is 11.1. The molecule has 1 aromatic rings. The van der Waals surface area contributed by atoms with Crippen LogP contribution in [0.25, 0.3) is 0 Å². The van der Waals surface area contributed by atoms with Crippen molar-refractivity contribution in [1.82, 2.24) is 5.32 Å². The lowest BCUT2D eigenvalue weighted by molar-refractivity contribution is 0.554. The van der Waals surface area contributed by atoms with Gasteiger partial charge in [-0.15, -0.1) is 6.58 Å². The van der Waals surface area contributed by atoms with Gasteiger partial charge >= 0.3 is 0 Å². The van der Waals surface area contributed by atoms with Gasteiger partial charge < -0.3 is 5.32 Å². The first-order chi connectivity index (χ1) is 7.31. The second-order valence-corrected chi connectivity index (χ2v) is 3.80. The molecule has 0 aliphatic carbocycles. The van der Waals surface area contributed by atoms with E-state index in [1.807, 2.05) is 13.1 Å². The summed E-state index contributed by atoms with van der Waals surface area (Å²) in [5.74, 6) is 0. The van der Waals surface area contributed by atoms with Crippen LogP contribution >= 0.6 is 0 Å². The summed E-state index contributed by atoms with van der Waals surface area (Å²) in [6.07, 6.45) is 5.26. The van der Waals surface area contributed by atoms with Crippen LogP contribution in [-0.4, -0.2) is 7.05 Å². The van der Waals surface area contributed by atoms with E-state index in [1.54, 1.807) is 0 Å². The summed E-state index contributed by atoms with van der Waals surface area (Å²) in [6, 6.07) is 9.33. The summed E-state index contributed by atoms with van der Waals surface area (Å²) in [5.41, 5.74) is 2.77. The van der Waals surface area contributed by atoms with Crippen LogP contribution in [0.1, 0.15) is 36.9 Å². The molecule has 0 heterocycles. The van der Waals surface area contributed by atoms with E-state index in [4.69, 9.17) is 0 Å². The highest BCUT2D eigenvalue weighted by atomic mass is 14.9. The number of nitrogens with one attached hydrogen (secondary N) is 1. The molecule has 0 amide bonds. The van der Waals surface area contributed by atoms with Crippen LogP contribution < -0.4 is 5.32 Å². The predicted octanol–water partition coefficient (Wildman–Crippen LogP) is 3.48. The van der Waals surface area contributed by atoms with Gasteiger partial charge in [0.2, 0.25) is 0 Å². The molecule has 1 nitrogen and oxygen atoms in total. The van der Waals surface area contributed by atoms with Crippen LogP contribution in [0.15, 0.2) is 36.9 Å². The van der Waals surface area contributed by atoms with Gasteiger partial charge in [-0.2, -0.15) is 0 Å². The third kappa shape index (κ3) is 3.52. The maximum atomic E-state index is 3.76. The molecule has 0 saturated carbocycles. The topological polar surface area (TPSA) is 12.0 Å². The Balaban J connectivity index is 2.69. The Kier molecular flexibility index (Phi) is 5.13. The number of benzene rings is 1. The average Bonchev–Trinajstić information content (AvgIpc) is 2.31. The molecule has 0 aromatic heterocycles. The Morgan fingerprint density at radius 2 is 2.00 bits per heavy atom. The van der Waals surface area contributed by atoms with E-state index >= 15 is 0 Å². The Bertz CT molecular complexity index is 287. The van der Waals surface area contributed by atoms with Gasteiger partial charge in [-0.05, 0) is 37.4 Å². The molecule has 0 spiro atoms. The quantitative estimate of drug-likeness (QED) is 0.698. The predicted molar refractivity (Wildman–Crippen MR) is 67.1 cm³/mol. The third-order valence-corrected chi connectivity index (χ3v) is 2.80. The molecular formula is C14H21N. The zero-order valence-corrected chi connectivity index (χ0v) is 9.79. The summed E-state index contributed by atoms with van der Waals surface area (Å²) in [5, 5.41) is 3.34. The van der Waals surface area contributed by atoms with Crippen molar-refractivity contribution in [3.05, 3.63) is 48.0 Å². The van der Waals surface area contributed by atoms with Gasteiger partial charge in [0.25, 0.3) is 0 Å². The van der Waals surface area contributed by atoms with E-state index in [0.717, 1.165) is 19.3 Å². The highest BCUT2D eigenvalue weighted by Crippen LogP contribution is 2.18. The van der Waals surface area contributed by atoms with Crippen molar-refractivity contribution in [2.75, 3.05) is 7.05 Å². The van der Waals surface area contributed by atoms with Gasteiger partial charge in [0.05, 0.1) is 0 Å². The Labute approximate surface area is 93.2 Å². The average molecular weight is 203 g/mol. The van der Waals surface area contributed by atoms with Crippen LogP contribution in [0.4, 0.5) is 0 Å². The molecule has 1 heteroatoms. The molecule has 82 valence electrons. The fourth-order valence-corrected chi connectivity index (χ4v) is 1.75. The number of aryl methyl sites for hydroxylation is 1. The maximum Gasteiger partial charge on any atom is 0.0320 e. The first-order valence-corrected chi connectivity index (χ1v) is 5.68. The van der Waals surface area contributed by atoms with E-state index < -0.39 is 0 Å². The number of hydrogen-bond acceptors (Lipinski definition) is 1. The summed E-state index contributed by atoms with van der Waals surface area (Å²) in [7, 11) is 2.02. The lowest BCUT2D eigenvalue weighted by Crippen LogP contribution is -2.15. The lowest BCUT2D eigenvalue weighted by atomic mass is 10.0. The molecular weight excluding hydrogens is 182 g/mol. The molecule has 0 saturated heterocycles. The fraction of sp³-hybridized carbons (Fsp3) is 0.429. The van der Waals surface area contributed by atoms with Crippen molar-refractivity contribution < 1.29 is 0 Å². The Hall–Kier alpha value is -1.08.